The lowest BCUT2D eigenvalue weighted by Crippen LogP contribution is -2.25. The summed E-state index contributed by atoms with van der Waals surface area (Å²) in [5.74, 6) is 0.964. The molecule has 1 aromatic carbocycles. The summed E-state index contributed by atoms with van der Waals surface area (Å²) in [6, 6.07) is 6.38. The molecule has 1 unspecified atom stereocenters. The highest BCUT2D eigenvalue weighted by molar-refractivity contribution is 9.10. The first-order valence-electron chi connectivity index (χ1n) is 7.51. The molecule has 0 radical (unpaired) electrons. The summed E-state index contributed by atoms with van der Waals surface area (Å²) in [5.41, 5.74) is 6.71. The minimum Gasteiger partial charge on any atom is -0.452 e. The molecule has 2 rings (SSSR count). The maximum Gasteiger partial charge on any atom is 0.169 e. The van der Waals surface area contributed by atoms with Gasteiger partial charge in [-0.15, -0.1) is 0 Å². The van der Waals surface area contributed by atoms with Crippen molar-refractivity contribution in [2.45, 2.75) is 47.1 Å². The Balaban J connectivity index is 2.56. The van der Waals surface area contributed by atoms with Crippen molar-refractivity contribution in [3.63, 3.8) is 0 Å². The summed E-state index contributed by atoms with van der Waals surface area (Å²) in [4.78, 5) is 0. The molecular formula is C18H24BrNO. The average Bonchev–Trinajstić information content (AvgIpc) is 2.86. The van der Waals surface area contributed by atoms with Crippen molar-refractivity contribution in [3.8, 4) is 0 Å². The Morgan fingerprint density at radius 2 is 1.71 bits per heavy atom. The predicted octanol–water partition coefficient (Wildman–Crippen LogP) is 5.36. The van der Waals surface area contributed by atoms with E-state index in [1.165, 1.54) is 27.8 Å². The van der Waals surface area contributed by atoms with Crippen LogP contribution in [0.4, 0.5) is 0 Å². The maximum absolute atomic E-state index is 5.84. The molecule has 2 aromatic rings. The molecule has 2 nitrogen and oxygen atoms in total. The Labute approximate surface area is 136 Å². The van der Waals surface area contributed by atoms with Crippen molar-refractivity contribution >= 4 is 15.9 Å². The van der Waals surface area contributed by atoms with E-state index < -0.39 is 0 Å². The van der Waals surface area contributed by atoms with Crippen molar-refractivity contribution in [3.05, 3.63) is 56.4 Å². The monoisotopic (exact) mass is 349 g/mol. The lowest BCUT2D eigenvalue weighted by Gasteiger charge is -2.24. The van der Waals surface area contributed by atoms with Gasteiger partial charge in [-0.3, -0.25) is 0 Å². The zero-order chi connectivity index (χ0) is 15.6. The number of aryl methyl sites for hydroxylation is 2. The number of hydrogen-bond acceptors (Lipinski definition) is 2. The molecular weight excluding hydrogens is 326 g/mol. The minimum atomic E-state index is 0.106. The number of rotatable bonds is 5. The van der Waals surface area contributed by atoms with E-state index in [1.807, 2.05) is 12.1 Å². The molecule has 0 aliphatic rings. The number of furan rings is 1. The van der Waals surface area contributed by atoms with Crippen LogP contribution < -0.4 is 5.32 Å². The molecule has 0 aliphatic heterocycles. The summed E-state index contributed by atoms with van der Waals surface area (Å²) >= 11 is 3.41. The Morgan fingerprint density at radius 1 is 1.10 bits per heavy atom. The average molecular weight is 350 g/mol. The van der Waals surface area contributed by atoms with Gasteiger partial charge in [0.05, 0.1) is 6.04 Å². The van der Waals surface area contributed by atoms with Gasteiger partial charge in [-0.25, -0.2) is 0 Å². The first-order valence-corrected chi connectivity index (χ1v) is 8.30. The van der Waals surface area contributed by atoms with Gasteiger partial charge in [0.2, 0.25) is 0 Å². The van der Waals surface area contributed by atoms with Crippen LogP contribution in [0.2, 0.25) is 0 Å². The number of nitrogens with one attached hydrogen (secondary N) is 1. The first kappa shape index (κ1) is 16.3. The summed E-state index contributed by atoms with van der Waals surface area (Å²) in [7, 11) is 0. The van der Waals surface area contributed by atoms with Crippen molar-refractivity contribution in [2.24, 2.45) is 0 Å². The van der Waals surface area contributed by atoms with E-state index in [0.717, 1.165) is 23.4 Å². The molecule has 0 aliphatic carbocycles. The fraction of sp³-hybridized carbons (Fsp3) is 0.444. The third kappa shape index (κ3) is 3.41. The summed E-state index contributed by atoms with van der Waals surface area (Å²) in [5, 5.41) is 3.64. The molecule has 0 fully saturated rings. The number of halogens is 1. The molecule has 1 heterocycles. The van der Waals surface area contributed by atoms with Gasteiger partial charge >= 0.3 is 0 Å². The van der Waals surface area contributed by atoms with Crippen LogP contribution in [-0.2, 0) is 0 Å². The first-order chi connectivity index (χ1) is 9.95. The molecule has 1 aromatic heterocycles. The van der Waals surface area contributed by atoms with E-state index in [-0.39, 0.29) is 6.04 Å². The van der Waals surface area contributed by atoms with Gasteiger partial charge in [0.25, 0.3) is 0 Å². The molecule has 0 spiro atoms. The molecule has 1 N–H and O–H groups in total. The van der Waals surface area contributed by atoms with E-state index in [4.69, 9.17) is 4.42 Å². The van der Waals surface area contributed by atoms with Gasteiger partial charge in [-0.05, 0) is 96.5 Å². The van der Waals surface area contributed by atoms with Crippen LogP contribution in [0.5, 0.6) is 0 Å². The lowest BCUT2D eigenvalue weighted by molar-refractivity contribution is 0.431. The normalized spacial score (nSPS) is 12.7. The molecule has 21 heavy (non-hydrogen) atoms. The van der Waals surface area contributed by atoms with Crippen LogP contribution >= 0.6 is 15.9 Å². The van der Waals surface area contributed by atoms with Gasteiger partial charge in [-0.2, -0.15) is 0 Å². The van der Waals surface area contributed by atoms with Gasteiger partial charge in [-0.1, -0.05) is 13.0 Å². The second-order valence-corrected chi connectivity index (χ2v) is 6.48. The minimum absolute atomic E-state index is 0.106. The Kier molecular flexibility index (Phi) is 5.28. The van der Waals surface area contributed by atoms with E-state index in [9.17, 15) is 0 Å². The number of benzene rings is 1. The molecule has 0 saturated heterocycles. The lowest BCUT2D eigenvalue weighted by atomic mass is 9.88. The fourth-order valence-electron chi connectivity index (χ4n) is 2.80. The fourth-order valence-corrected chi connectivity index (χ4v) is 3.12. The van der Waals surface area contributed by atoms with Crippen LogP contribution in [-0.4, -0.2) is 6.54 Å². The summed E-state index contributed by atoms with van der Waals surface area (Å²) in [6.07, 6.45) is 1.10. The molecule has 114 valence electrons. The molecule has 0 bridgehead atoms. The molecule has 3 heteroatoms. The zero-order valence-corrected chi connectivity index (χ0v) is 15.1. The topological polar surface area (TPSA) is 25.2 Å². The third-order valence-corrected chi connectivity index (χ3v) is 4.62. The highest BCUT2D eigenvalue weighted by atomic mass is 79.9. The van der Waals surface area contributed by atoms with Gasteiger partial charge < -0.3 is 9.73 Å². The van der Waals surface area contributed by atoms with Crippen LogP contribution in [0.15, 0.2) is 27.3 Å². The van der Waals surface area contributed by atoms with Gasteiger partial charge in [0.1, 0.15) is 5.76 Å². The smallest absolute Gasteiger partial charge is 0.169 e. The third-order valence-electron chi connectivity index (χ3n) is 4.19. The highest BCUT2D eigenvalue weighted by Gasteiger charge is 2.22. The largest absolute Gasteiger partial charge is 0.452 e. The molecule has 0 saturated carbocycles. The van der Waals surface area contributed by atoms with Crippen LogP contribution in [0.3, 0.4) is 0 Å². The van der Waals surface area contributed by atoms with Crippen LogP contribution in [0.1, 0.15) is 53.0 Å². The van der Waals surface area contributed by atoms with Crippen LogP contribution in [0.25, 0.3) is 0 Å². The van der Waals surface area contributed by atoms with Crippen LogP contribution in [0, 0.1) is 27.7 Å². The Bertz CT molecular complexity index is 604. The summed E-state index contributed by atoms with van der Waals surface area (Å²) < 4.78 is 6.62. The van der Waals surface area contributed by atoms with Gasteiger partial charge in [0.15, 0.2) is 4.67 Å². The maximum atomic E-state index is 5.84. The van der Waals surface area contributed by atoms with Crippen molar-refractivity contribution in [1.29, 1.82) is 0 Å². The number of hydrogen-bond donors (Lipinski definition) is 1. The quantitative estimate of drug-likeness (QED) is 0.785. The standard InChI is InChI=1S/C18H24BrNO/c1-6-9-20-18(15-7-8-16(19)21-15)17-13(4)11(2)10-12(3)14(17)5/h7-8,10,18,20H,6,9H2,1-5H3. The van der Waals surface area contributed by atoms with E-state index in [1.54, 1.807) is 0 Å². The van der Waals surface area contributed by atoms with Gasteiger partial charge in [0, 0.05) is 0 Å². The molecule has 0 amide bonds. The second kappa shape index (κ2) is 6.80. The second-order valence-electron chi connectivity index (χ2n) is 5.70. The Hall–Kier alpha value is -1.06. The van der Waals surface area contributed by atoms with Crippen molar-refractivity contribution in [1.82, 2.24) is 5.32 Å². The Morgan fingerprint density at radius 3 is 2.19 bits per heavy atom. The summed E-state index contributed by atoms with van der Waals surface area (Å²) in [6.45, 7) is 11.9. The predicted molar refractivity (Wildman–Crippen MR) is 91.9 cm³/mol. The SMILES string of the molecule is CCCNC(c1ccc(Br)o1)c1c(C)c(C)cc(C)c1C. The van der Waals surface area contributed by atoms with E-state index in [2.05, 4.69) is 61.9 Å². The highest BCUT2D eigenvalue weighted by Crippen LogP contribution is 2.33. The van der Waals surface area contributed by atoms with E-state index in [0.29, 0.717) is 0 Å². The molecule has 1 atom stereocenters. The van der Waals surface area contributed by atoms with E-state index >= 15 is 0 Å². The van der Waals surface area contributed by atoms with Crippen molar-refractivity contribution in [2.75, 3.05) is 6.54 Å². The zero-order valence-electron chi connectivity index (χ0n) is 13.5. The van der Waals surface area contributed by atoms with Crippen molar-refractivity contribution < 1.29 is 4.42 Å².